The third-order valence-corrected chi connectivity index (χ3v) is 7.60. The van der Waals surface area contributed by atoms with Crippen LogP contribution in [0, 0.1) is 18.3 Å². The lowest BCUT2D eigenvalue weighted by Gasteiger charge is -2.52. The predicted molar refractivity (Wildman–Crippen MR) is 129 cm³/mol. The van der Waals surface area contributed by atoms with E-state index in [9.17, 15) is 39.9 Å². The van der Waals surface area contributed by atoms with E-state index in [1.807, 2.05) is 0 Å². The molecule has 1 aromatic rings. The van der Waals surface area contributed by atoms with Gasteiger partial charge in [0, 0.05) is 17.9 Å². The summed E-state index contributed by atoms with van der Waals surface area (Å²) in [5, 5.41) is 55.7. The van der Waals surface area contributed by atoms with Crippen LogP contribution in [0.15, 0.2) is 29.0 Å². The first kappa shape index (κ1) is 25.9. The summed E-state index contributed by atoms with van der Waals surface area (Å²) in [5.74, 6) is -8.39. The van der Waals surface area contributed by atoms with Gasteiger partial charge in [-0.15, -0.1) is 0 Å². The summed E-state index contributed by atoms with van der Waals surface area (Å²) in [6.45, 7) is 2.06. The number of unbranched alkanes of at least 4 members (excludes halogenated alkanes) is 2. The van der Waals surface area contributed by atoms with Crippen molar-refractivity contribution in [3.63, 3.8) is 0 Å². The van der Waals surface area contributed by atoms with Crippen LogP contribution in [0.3, 0.4) is 0 Å². The molecule has 0 spiro atoms. The lowest BCUT2D eigenvalue weighted by atomic mass is 9.56. The van der Waals surface area contributed by atoms with Crippen LogP contribution in [0.25, 0.3) is 5.76 Å². The molecule has 4 rings (SSSR count). The number of nitrogens with two attached hydrogens (primary N) is 1. The minimum atomic E-state index is -2.91. The van der Waals surface area contributed by atoms with Crippen LogP contribution in [0.5, 0.6) is 5.75 Å². The molecular formula is C26H31N2O8. The first-order valence-electron chi connectivity index (χ1n) is 11.9. The number of hydrogen-bond acceptors (Lipinski definition) is 9. The maximum Gasteiger partial charge on any atom is 0.255 e. The number of phenolic OH excluding ortho intramolecular Hbond substituents is 1. The summed E-state index contributed by atoms with van der Waals surface area (Å²) in [7, 11) is 2.93. The molecule has 0 saturated heterocycles. The normalized spacial score (nSPS) is 29.8. The molecule has 1 fully saturated rings. The number of aromatic hydroxyl groups is 1. The summed E-state index contributed by atoms with van der Waals surface area (Å²) in [4.78, 5) is 40.3. The zero-order valence-corrected chi connectivity index (χ0v) is 20.4. The summed E-state index contributed by atoms with van der Waals surface area (Å²) in [6, 6.07) is 1.74. The van der Waals surface area contributed by atoms with Gasteiger partial charge in [0.1, 0.15) is 22.8 Å². The second-order valence-corrected chi connectivity index (χ2v) is 9.92. The van der Waals surface area contributed by atoms with E-state index >= 15 is 0 Å². The Kier molecular flexibility index (Phi) is 6.48. The molecule has 1 radical (unpaired) electrons. The van der Waals surface area contributed by atoms with Crippen molar-refractivity contribution >= 4 is 23.2 Å². The predicted octanol–water partition coefficient (Wildman–Crippen LogP) is 0.677. The Morgan fingerprint density at radius 3 is 2.39 bits per heavy atom. The maximum atomic E-state index is 13.8. The molecule has 0 aliphatic heterocycles. The van der Waals surface area contributed by atoms with Gasteiger partial charge in [0.05, 0.1) is 23.6 Å². The highest BCUT2D eigenvalue weighted by Gasteiger charge is 2.67. The molecule has 3 aliphatic rings. The van der Waals surface area contributed by atoms with E-state index in [1.165, 1.54) is 25.1 Å². The van der Waals surface area contributed by atoms with E-state index in [0.717, 1.165) is 24.8 Å². The lowest BCUT2D eigenvalue weighted by Crippen LogP contribution is -2.70. The zero-order chi connectivity index (χ0) is 26.7. The van der Waals surface area contributed by atoms with Gasteiger partial charge in [0.25, 0.3) is 5.91 Å². The second kappa shape index (κ2) is 9.02. The van der Waals surface area contributed by atoms with Gasteiger partial charge in [-0.1, -0.05) is 25.8 Å². The van der Waals surface area contributed by atoms with Crippen LogP contribution in [-0.2, 0) is 20.8 Å². The molecule has 3 aliphatic carbocycles. The number of Topliss-reactive ketones (excluding diaryl/α,β-unsaturated/α-hetero) is 2. The van der Waals surface area contributed by atoms with Gasteiger partial charge in [0.2, 0.25) is 5.78 Å². The quantitative estimate of drug-likeness (QED) is 0.242. The van der Waals surface area contributed by atoms with Crippen LogP contribution < -0.4 is 5.73 Å². The van der Waals surface area contributed by atoms with Gasteiger partial charge >= 0.3 is 0 Å². The van der Waals surface area contributed by atoms with Crippen molar-refractivity contribution in [2.45, 2.75) is 50.4 Å². The highest BCUT2D eigenvalue weighted by molar-refractivity contribution is 6.24. The van der Waals surface area contributed by atoms with E-state index in [0.29, 0.717) is 12.0 Å². The summed E-state index contributed by atoms with van der Waals surface area (Å²) < 4.78 is 0. The summed E-state index contributed by atoms with van der Waals surface area (Å²) >= 11 is 0. The number of fused-ring (bicyclic) bond motifs is 3. The molecule has 10 nitrogen and oxygen atoms in total. The Morgan fingerprint density at radius 2 is 1.81 bits per heavy atom. The smallest absolute Gasteiger partial charge is 0.255 e. The van der Waals surface area contributed by atoms with Crippen LogP contribution in [0.4, 0.5) is 0 Å². The van der Waals surface area contributed by atoms with Gasteiger partial charge in [-0.3, -0.25) is 19.3 Å². The SMILES string of the molecule is CCCCCc1ccc(O)c2c1[CH][C@H]1C(=C2O)C(=O)[C@@]2(O)C(O)=C(C(N)=O)C(=O)[C@H](N(C)C)[C@H]2[C@@H]1O. The van der Waals surface area contributed by atoms with E-state index < -0.39 is 69.7 Å². The molecule has 1 aromatic carbocycles. The molecule has 1 saturated carbocycles. The molecule has 0 bridgehead atoms. The first-order valence-corrected chi connectivity index (χ1v) is 11.9. The highest BCUT2D eigenvalue weighted by Crippen LogP contribution is 2.53. The lowest BCUT2D eigenvalue weighted by molar-refractivity contribution is -0.167. The molecule has 0 heterocycles. The van der Waals surface area contributed by atoms with Gasteiger partial charge in [-0.05, 0) is 44.1 Å². The van der Waals surface area contributed by atoms with E-state index in [1.54, 1.807) is 12.5 Å². The fourth-order valence-electron chi connectivity index (χ4n) is 5.88. The Balaban J connectivity index is 1.96. The number of rotatable bonds is 6. The van der Waals surface area contributed by atoms with Crippen molar-refractivity contribution in [2.24, 2.45) is 17.6 Å². The Morgan fingerprint density at radius 1 is 1.14 bits per heavy atom. The minimum Gasteiger partial charge on any atom is -0.508 e. The number of carbonyl (C=O) groups excluding carboxylic acids is 3. The second-order valence-electron chi connectivity index (χ2n) is 9.92. The Hall–Kier alpha value is -3.21. The number of phenols is 1. The highest BCUT2D eigenvalue weighted by atomic mass is 16.4. The first-order chi connectivity index (χ1) is 16.9. The van der Waals surface area contributed by atoms with Crippen molar-refractivity contribution in [3.05, 3.63) is 52.1 Å². The van der Waals surface area contributed by atoms with Gasteiger partial charge in [-0.25, -0.2) is 0 Å². The number of nitrogens with zero attached hydrogens (tertiary/aromatic N) is 1. The van der Waals surface area contributed by atoms with Crippen LogP contribution >= 0.6 is 0 Å². The van der Waals surface area contributed by atoms with E-state index in [-0.39, 0.29) is 11.3 Å². The van der Waals surface area contributed by atoms with Crippen molar-refractivity contribution < 1.29 is 39.9 Å². The van der Waals surface area contributed by atoms with Gasteiger partial charge in [0.15, 0.2) is 11.4 Å². The van der Waals surface area contributed by atoms with Gasteiger partial charge in [-0.2, -0.15) is 0 Å². The molecule has 193 valence electrons. The minimum absolute atomic E-state index is 0.0208. The standard InChI is InChI=1S/C26H31N2O8/c1-4-5-6-7-11-8-9-14(29)15-12(11)10-13-16(21(15)31)23(33)26(36)18(20(13)30)19(28(2)3)22(32)17(24(26)34)25(27)35/h8-10,13,18-20,29-31,34,36H,4-7H2,1-3H3,(H2,27,35)/t13-,18-,19+,20+,26+/m0/s1. The third-order valence-electron chi connectivity index (χ3n) is 7.60. The van der Waals surface area contributed by atoms with Crippen LogP contribution in [-0.4, -0.2) is 79.7 Å². The number of aliphatic hydroxyl groups is 4. The van der Waals surface area contributed by atoms with Crippen molar-refractivity contribution in [1.29, 1.82) is 0 Å². The molecule has 1 amide bonds. The molecule has 36 heavy (non-hydrogen) atoms. The number of aryl methyl sites for hydroxylation is 1. The Bertz CT molecular complexity index is 1220. The number of aliphatic hydroxyl groups excluding tert-OH is 3. The summed E-state index contributed by atoms with van der Waals surface area (Å²) in [5.41, 5.74) is 2.25. The fraction of sp³-hybridized carbons (Fsp3) is 0.462. The van der Waals surface area contributed by atoms with E-state index in [2.05, 4.69) is 6.92 Å². The monoisotopic (exact) mass is 499 g/mol. The van der Waals surface area contributed by atoms with Crippen LogP contribution in [0.1, 0.15) is 42.9 Å². The van der Waals surface area contributed by atoms with E-state index in [4.69, 9.17) is 5.73 Å². The topological polar surface area (TPSA) is 182 Å². The largest absolute Gasteiger partial charge is 0.508 e. The van der Waals surface area contributed by atoms with Crippen molar-refractivity contribution in [1.82, 2.24) is 4.90 Å². The molecule has 5 atom stereocenters. The fourth-order valence-corrected chi connectivity index (χ4v) is 5.88. The number of amides is 1. The molecule has 10 heteroatoms. The molecule has 0 aromatic heterocycles. The maximum absolute atomic E-state index is 13.8. The molecule has 7 N–H and O–H groups in total. The van der Waals surface area contributed by atoms with Gasteiger partial charge < -0.3 is 31.3 Å². The van der Waals surface area contributed by atoms with Crippen molar-refractivity contribution in [3.8, 4) is 5.75 Å². The Labute approximate surface area is 208 Å². The average molecular weight is 500 g/mol. The molecular weight excluding hydrogens is 468 g/mol. The number of hydrogen-bond donors (Lipinski definition) is 6. The number of carbonyl (C=O) groups is 3. The number of ketones is 2. The number of likely N-dealkylation sites (N-methyl/N-ethyl adjacent to an activating group) is 1. The third kappa shape index (κ3) is 3.47. The summed E-state index contributed by atoms with van der Waals surface area (Å²) in [6.07, 6.45) is 3.34. The van der Waals surface area contributed by atoms with Crippen LogP contribution in [0.2, 0.25) is 0 Å². The van der Waals surface area contributed by atoms with Crippen molar-refractivity contribution in [2.75, 3.05) is 14.1 Å². The average Bonchev–Trinajstić information content (AvgIpc) is 2.80. The number of primary amides is 1. The number of benzene rings is 1. The molecule has 0 unspecified atom stereocenters. The zero-order valence-electron chi connectivity index (χ0n) is 20.4.